The summed E-state index contributed by atoms with van der Waals surface area (Å²) < 4.78 is 0. The van der Waals surface area contributed by atoms with Gasteiger partial charge in [0, 0.05) is 18.7 Å². The molecule has 0 bridgehead atoms. The van der Waals surface area contributed by atoms with E-state index in [1.165, 1.54) is 0 Å². The molecule has 2 rings (SSSR count). The van der Waals surface area contributed by atoms with E-state index in [2.05, 4.69) is 15.3 Å². The van der Waals surface area contributed by atoms with Crippen molar-refractivity contribution in [1.29, 1.82) is 0 Å². The van der Waals surface area contributed by atoms with Crippen molar-refractivity contribution in [2.45, 2.75) is 25.9 Å². The summed E-state index contributed by atoms with van der Waals surface area (Å²) >= 11 is 0. The molecule has 1 aromatic carbocycles. The van der Waals surface area contributed by atoms with Crippen LogP contribution in [-0.4, -0.2) is 15.9 Å². The maximum atomic E-state index is 11.9. The number of carbonyl (C=O) groups excluding carboxylic acids is 1. The number of hydrogen-bond acceptors (Lipinski definition) is 4. The molecule has 0 saturated carbocycles. The fourth-order valence-electron chi connectivity index (χ4n) is 1.88. The Morgan fingerprint density at radius 3 is 2.67 bits per heavy atom. The molecule has 0 aliphatic rings. The van der Waals surface area contributed by atoms with Crippen LogP contribution in [0.3, 0.4) is 0 Å². The predicted molar refractivity (Wildman–Crippen MR) is 83.9 cm³/mol. The fourth-order valence-corrected chi connectivity index (χ4v) is 1.88. The number of aryl methyl sites for hydroxylation is 1. The molecule has 0 radical (unpaired) electrons. The lowest BCUT2D eigenvalue weighted by Crippen LogP contribution is -2.27. The number of nitrogens with one attached hydrogen (secondary N) is 1. The van der Waals surface area contributed by atoms with Crippen molar-refractivity contribution in [3.05, 3.63) is 59.7 Å². The summed E-state index contributed by atoms with van der Waals surface area (Å²) in [5, 5.41) is 2.82. The van der Waals surface area contributed by atoms with Crippen LogP contribution >= 0.6 is 12.4 Å². The van der Waals surface area contributed by atoms with E-state index in [0.717, 1.165) is 11.3 Å². The summed E-state index contributed by atoms with van der Waals surface area (Å²) in [6.45, 7) is 2.21. The second-order valence-electron chi connectivity index (χ2n) is 4.59. The van der Waals surface area contributed by atoms with Gasteiger partial charge in [0.25, 0.3) is 0 Å². The first-order valence-corrected chi connectivity index (χ1v) is 6.51. The van der Waals surface area contributed by atoms with Crippen LogP contribution in [0.2, 0.25) is 0 Å². The molecule has 112 valence electrons. The minimum absolute atomic E-state index is 0. The van der Waals surface area contributed by atoms with Gasteiger partial charge in [-0.3, -0.25) is 4.79 Å². The molecule has 3 N–H and O–H groups in total. The molecular formula is C15H19ClN4O. The minimum atomic E-state index is -0.289. The molecule has 5 nitrogen and oxygen atoms in total. The third kappa shape index (κ3) is 5.49. The molecule has 0 fully saturated rings. The predicted octanol–water partition coefficient (Wildman–Crippen LogP) is 1.91. The SMILES string of the molecule is Cc1nccc(CNC(=O)CC(N)c2ccccc2)n1.Cl. The Labute approximate surface area is 130 Å². The van der Waals surface area contributed by atoms with E-state index in [0.29, 0.717) is 12.4 Å². The molecule has 1 atom stereocenters. The average molecular weight is 307 g/mol. The van der Waals surface area contributed by atoms with Crippen molar-refractivity contribution in [1.82, 2.24) is 15.3 Å². The second-order valence-corrected chi connectivity index (χ2v) is 4.59. The normalized spacial score (nSPS) is 11.3. The van der Waals surface area contributed by atoms with Gasteiger partial charge >= 0.3 is 0 Å². The van der Waals surface area contributed by atoms with Gasteiger partial charge in [-0.15, -0.1) is 12.4 Å². The van der Waals surface area contributed by atoms with Crippen LogP contribution in [0.4, 0.5) is 0 Å². The molecule has 1 heterocycles. The van der Waals surface area contributed by atoms with Crippen LogP contribution in [0.15, 0.2) is 42.6 Å². The van der Waals surface area contributed by atoms with E-state index < -0.39 is 0 Å². The zero-order valence-corrected chi connectivity index (χ0v) is 12.6. The molecular weight excluding hydrogens is 288 g/mol. The highest BCUT2D eigenvalue weighted by atomic mass is 35.5. The van der Waals surface area contributed by atoms with Crippen LogP contribution in [0.5, 0.6) is 0 Å². The van der Waals surface area contributed by atoms with Crippen molar-refractivity contribution in [2.24, 2.45) is 5.73 Å². The zero-order valence-electron chi connectivity index (χ0n) is 11.8. The van der Waals surface area contributed by atoms with E-state index in [-0.39, 0.29) is 30.8 Å². The highest BCUT2D eigenvalue weighted by Gasteiger charge is 2.11. The number of nitrogens with zero attached hydrogens (tertiary/aromatic N) is 2. The van der Waals surface area contributed by atoms with Crippen molar-refractivity contribution >= 4 is 18.3 Å². The maximum absolute atomic E-state index is 11.9. The Morgan fingerprint density at radius 2 is 2.00 bits per heavy atom. The number of rotatable bonds is 5. The fraction of sp³-hybridized carbons (Fsp3) is 0.267. The molecule has 0 spiro atoms. The number of halogens is 1. The summed E-state index contributed by atoms with van der Waals surface area (Å²) in [6, 6.07) is 11.1. The summed E-state index contributed by atoms with van der Waals surface area (Å²) in [5.41, 5.74) is 7.75. The monoisotopic (exact) mass is 306 g/mol. The standard InChI is InChI=1S/C15H18N4O.ClH/c1-11-17-8-7-13(19-11)10-18-15(20)9-14(16)12-5-3-2-4-6-12;/h2-8,14H,9-10,16H2,1H3,(H,18,20);1H. The third-order valence-corrected chi connectivity index (χ3v) is 2.93. The number of nitrogens with two attached hydrogens (primary N) is 1. The summed E-state index contributed by atoms with van der Waals surface area (Å²) in [5.74, 6) is 0.607. The molecule has 1 amide bonds. The van der Waals surface area contributed by atoms with Crippen LogP contribution in [0.1, 0.15) is 29.5 Å². The quantitative estimate of drug-likeness (QED) is 0.884. The van der Waals surface area contributed by atoms with E-state index in [1.54, 1.807) is 12.3 Å². The first-order chi connectivity index (χ1) is 9.65. The molecule has 21 heavy (non-hydrogen) atoms. The smallest absolute Gasteiger partial charge is 0.222 e. The van der Waals surface area contributed by atoms with Crippen LogP contribution in [0.25, 0.3) is 0 Å². The van der Waals surface area contributed by atoms with Gasteiger partial charge in [-0.1, -0.05) is 30.3 Å². The van der Waals surface area contributed by atoms with Gasteiger partial charge in [0.2, 0.25) is 5.91 Å². The zero-order chi connectivity index (χ0) is 14.4. The van der Waals surface area contributed by atoms with Crippen LogP contribution in [-0.2, 0) is 11.3 Å². The summed E-state index contributed by atoms with van der Waals surface area (Å²) in [6.07, 6.45) is 1.94. The Morgan fingerprint density at radius 1 is 1.29 bits per heavy atom. The first kappa shape index (κ1) is 17.1. The van der Waals surface area contributed by atoms with Gasteiger partial charge in [-0.25, -0.2) is 9.97 Å². The summed E-state index contributed by atoms with van der Waals surface area (Å²) in [4.78, 5) is 20.1. The number of carbonyl (C=O) groups is 1. The van der Waals surface area contributed by atoms with Crippen molar-refractivity contribution in [2.75, 3.05) is 0 Å². The number of aromatic nitrogens is 2. The van der Waals surface area contributed by atoms with Crippen LogP contribution < -0.4 is 11.1 Å². The maximum Gasteiger partial charge on any atom is 0.222 e. The largest absolute Gasteiger partial charge is 0.350 e. The van der Waals surface area contributed by atoms with E-state index in [4.69, 9.17) is 5.73 Å². The Hall–Kier alpha value is -1.98. The van der Waals surface area contributed by atoms with Crippen molar-refractivity contribution in [3.63, 3.8) is 0 Å². The lowest BCUT2D eigenvalue weighted by Gasteiger charge is -2.12. The Bertz CT molecular complexity index is 577. The van der Waals surface area contributed by atoms with Gasteiger partial charge in [-0.05, 0) is 18.6 Å². The van der Waals surface area contributed by atoms with Gasteiger partial charge in [0.15, 0.2) is 0 Å². The van der Waals surface area contributed by atoms with Crippen LogP contribution in [0, 0.1) is 6.92 Å². The van der Waals surface area contributed by atoms with E-state index >= 15 is 0 Å². The number of amides is 1. The minimum Gasteiger partial charge on any atom is -0.350 e. The van der Waals surface area contributed by atoms with Gasteiger partial charge < -0.3 is 11.1 Å². The number of hydrogen-bond donors (Lipinski definition) is 2. The molecule has 6 heteroatoms. The third-order valence-electron chi connectivity index (χ3n) is 2.93. The van der Waals surface area contributed by atoms with Gasteiger partial charge in [0.1, 0.15) is 5.82 Å². The van der Waals surface area contributed by atoms with Gasteiger partial charge in [-0.2, -0.15) is 0 Å². The highest BCUT2D eigenvalue weighted by molar-refractivity contribution is 5.85. The van der Waals surface area contributed by atoms with E-state index in [1.807, 2.05) is 37.3 Å². The molecule has 1 unspecified atom stereocenters. The topological polar surface area (TPSA) is 80.9 Å². The van der Waals surface area contributed by atoms with E-state index in [9.17, 15) is 4.79 Å². The van der Waals surface area contributed by atoms with Gasteiger partial charge in [0.05, 0.1) is 12.2 Å². The lowest BCUT2D eigenvalue weighted by molar-refractivity contribution is -0.121. The molecule has 1 aromatic heterocycles. The Kier molecular flexibility index (Phi) is 6.78. The molecule has 2 aromatic rings. The Balaban J connectivity index is 0.00000220. The van der Waals surface area contributed by atoms with Crippen molar-refractivity contribution < 1.29 is 4.79 Å². The number of benzene rings is 1. The second kappa shape index (κ2) is 8.34. The summed E-state index contributed by atoms with van der Waals surface area (Å²) in [7, 11) is 0. The lowest BCUT2D eigenvalue weighted by atomic mass is 10.0. The first-order valence-electron chi connectivity index (χ1n) is 6.51. The average Bonchev–Trinajstić information content (AvgIpc) is 2.46. The molecule has 0 aliphatic carbocycles. The highest BCUT2D eigenvalue weighted by Crippen LogP contribution is 2.12. The molecule has 0 saturated heterocycles. The van der Waals surface area contributed by atoms with Crippen molar-refractivity contribution in [3.8, 4) is 0 Å². The molecule has 0 aliphatic heterocycles.